The minimum absolute atomic E-state index is 0.0132. The smallest absolute Gasteiger partial charge is 0.250 e. The third-order valence-corrected chi connectivity index (χ3v) is 15.8. The lowest BCUT2D eigenvalue weighted by Crippen LogP contribution is -2.45. The Bertz CT molecular complexity index is 1160. The molecule has 188 valence electrons. The van der Waals surface area contributed by atoms with Crippen molar-refractivity contribution < 1.29 is 9.16 Å². The lowest BCUT2D eigenvalue weighted by atomic mass is 9.53. The van der Waals surface area contributed by atoms with Crippen LogP contribution in [0.5, 0.6) is 5.75 Å². The fourth-order valence-electron chi connectivity index (χ4n) is 7.77. The molecule has 1 saturated heterocycles. The zero-order chi connectivity index (χ0) is 24.8. The van der Waals surface area contributed by atoms with Gasteiger partial charge in [0.2, 0.25) is 8.32 Å². The average molecular weight is 555 g/mol. The molecule has 2 saturated carbocycles. The molecule has 3 nitrogen and oxygen atoms in total. The molecule has 0 amide bonds. The van der Waals surface area contributed by atoms with Crippen LogP contribution in [0.3, 0.4) is 0 Å². The van der Waals surface area contributed by atoms with Gasteiger partial charge in [-0.05, 0) is 126 Å². The fraction of sp³-hybridized carbons (Fsp3) is 0.633. The Morgan fingerprint density at radius 3 is 2.66 bits per heavy atom. The van der Waals surface area contributed by atoms with Crippen molar-refractivity contribution in [3.05, 3.63) is 57.8 Å². The third-order valence-electron chi connectivity index (χ3n) is 10.8. The van der Waals surface area contributed by atoms with Crippen molar-refractivity contribution >= 4 is 24.2 Å². The lowest BCUT2D eigenvalue weighted by molar-refractivity contribution is 0.0120. The van der Waals surface area contributed by atoms with E-state index in [1.165, 1.54) is 44.1 Å². The van der Waals surface area contributed by atoms with Crippen molar-refractivity contribution in [2.45, 2.75) is 102 Å². The van der Waals surface area contributed by atoms with E-state index in [-0.39, 0.29) is 22.2 Å². The van der Waals surface area contributed by atoms with Gasteiger partial charge in [-0.15, -0.1) is 0 Å². The van der Waals surface area contributed by atoms with E-state index in [9.17, 15) is 0 Å². The molecule has 1 aliphatic heterocycles. The summed E-state index contributed by atoms with van der Waals surface area (Å²) in [5.74, 6) is 3.28. The average Bonchev–Trinajstić information content (AvgIpc) is 3.45. The molecule has 0 unspecified atom stereocenters. The minimum Gasteiger partial charge on any atom is -0.543 e. The SMILES string of the molecule is CC(C)(C)[Si](C)(C)Oc1ccc2c(c1)CC[C@@H]1[C@@H]2CC[C@@]2(C)[C@H]1CC[C@@]21O[C@@H]1c1ncccc1Br. The lowest BCUT2D eigenvalue weighted by Gasteiger charge is -2.50. The van der Waals surface area contributed by atoms with Gasteiger partial charge in [-0.25, -0.2) is 0 Å². The van der Waals surface area contributed by atoms with Crippen molar-refractivity contribution in [3.63, 3.8) is 0 Å². The van der Waals surface area contributed by atoms with Crippen molar-refractivity contribution in [1.82, 2.24) is 4.98 Å². The number of aryl methyl sites for hydroxylation is 1. The highest BCUT2D eigenvalue weighted by atomic mass is 79.9. The van der Waals surface area contributed by atoms with E-state index in [1.54, 1.807) is 5.56 Å². The number of aromatic nitrogens is 1. The maximum Gasteiger partial charge on any atom is 0.250 e. The molecule has 3 aliphatic carbocycles. The predicted octanol–water partition coefficient (Wildman–Crippen LogP) is 8.59. The molecule has 1 aromatic heterocycles. The van der Waals surface area contributed by atoms with E-state index in [4.69, 9.17) is 14.1 Å². The Balaban J connectivity index is 1.24. The van der Waals surface area contributed by atoms with Gasteiger partial charge in [0, 0.05) is 16.1 Å². The Labute approximate surface area is 220 Å². The zero-order valence-corrected chi connectivity index (χ0v) is 24.7. The van der Waals surface area contributed by atoms with E-state index in [0.29, 0.717) is 5.92 Å². The van der Waals surface area contributed by atoms with Crippen LogP contribution in [0.4, 0.5) is 0 Å². The quantitative estimate of drug-likeness (QED) is 0.282. The molecular weight excluding hydrogens is 514 g/mol. The summed E-state index contributed by atoms with van der Waals surface area (Å²) in [6.45, 7) is 14.2. The number of hydrogen-bond donors (Lipinski definition) is 0. The maximum absolute atomic E-state index is 6.67. The monoisotopic (exact) mass is 553 g/mol. The van der Waals surface area contributed by atoms with Crippen molar-refractivity contribution in [1.29, 1.82) is 0 Å². The fourth-order valence-corrected chi connectivity index (χ4v) is 9.26. The van der Waals surface area contributed by atoms with Crippen LogP contribution in [0.2, 0.25) is 18.1 Å². The van der Waals surface area contributed by atoms with Crippen LogP contribution in [0.1, 0.15) is 88.6 Å². The molecule has 4 aliphatic rings. The van der Waals surface area contributed by atoms with E-state index in [2.05, 4.69) is 81.0 Å². The van der Waals surface area contributed by atoms with E-state index < -0.39 is 8.32 Å². The molecule has 5 heteroatoms. The van der Waals surface area contributed by atoms with Crippen LogP contribution in [-0.4, -0.2) is 18.9 Å². The number of ether oxygens (including phenoxy) is 1. The standard InChI is InChI=1S/C30H40BrNO2Si/c1-28(2,3)35(5,6)34-20-10-12-21-19(18-20)9-11-23-22(21)13-15-29(4)24(23)14-16-30(29)27(33-30)26-25(31)8-7-17-32-26/h7-8,10,12,17-18,22-24,27H,9,11,13-16H2,1-6H3/t22-,23-,24+,27-,29+,30+/m1/s1. The molecule has 0 bridgehead atoms. The first-order valence-corrected chi connectivity index (χ1v) is 17.3. The van der Waals surface area contributed by atoms with Gasteiger partial charge in [0.1, 0.15) is 17.5 Å². The number of halogens is 1. The number of fused-ring (bicyclic) bond motifs is 6. The Hall–Kier alpha value is -1.17. The molecule has 35 heavy (non-hydrogen) atoms. The molecule has 0 radical (unpaired) electrons. The molecule has 3 fully saturated rings. The largest absolute Gasteiger partial charge is 0.543 e. The third kappa shape index (κ3) is 3.54. The molecule has 6 atom stereocenters. The van der Waals surface area contributed by atoms with E-state index >= 15 is 0 Å². The molecular formula is C30H40BrNO2Si. The molecule has 2 aromatic rings. The minimum atomic E-state index is -1.82. The highest BCUT2D eigenvalue weighted by Gasteiger charge is 2.74. The summed E-state index contributed by atoms with van der Waals surface area (Å²) >= 11 is 3.73. The number of nitrogens with zero attached hydrogens (tertiary/aromatic N) is 1. The van der Waals surface area contributed by atoms with Crippen LogP contribution < -0.4 is 4.43 Å². The number of benzene rings is 1. The first-order valence-electron chi connectivity index (χ1n) is 13.6. The first kappa shape index (κ1) is 24.2. The van der Waals surface area contributed by atoms with E-state index in [1.807, 2.05) is 12.3 Å². The molecule has 1 aromatic carbocycles. The van der Waals surface area contributed by atoms with Crippen LogP contribution in [0.25, 0.3) is 0 Å². The summed E-state index contributed by atoms with van der Waals surface area (Å²) in [5, 5.41) is 0.216. The Morgan fingerprint density at radius 2 is 1.91 bits per heavy atom. The van der Waals surface area contributed by atoms with Gasteiger partial charge in [-0.3, -0.25) is 4.98 Å². The second-order valence-electron chi connectivity index (χ2n) is 13.4. The number of rotatable bonds is 3. The van der Waals surface area contributed by atoms with Gasteiger partial charge < -0.3 is 9.16 Å². The summed E-state index contributed by atoms with van der Waals surface area (Å²) in [7, 11) is -1.82. The van der Waals surface area contributed by atoms with Gasteiger partial charge in [-0.2, -0.15) is 0 Å². The normalized spacial score (nSPS) is 35.9. The summed E-state index contributed by atoms with van der Waals surface area (Å²) in [6.07, 6.45) is 9.53. The highest BCUT2D eigenvalue weighted by molar-refractivity contribution is 9.10. The van der Waals surface area contributed by atoms with Gasteiger partial charge >= 0.3 is 0 Å². The van der Waals surface area contributed by atoms with Crippen LogP contribution >= 0.6 is 15.9 Å². The molecule has 2 heterocycles. The number of hydrogen-bond acceptors (Lipinski definition) is 3. The first-order chi connectivity index (χ1) is 16.5. The van der Waals surface area contributed by atoms with Crippen molar-refractivity contribution in [2.75, 3.05) is 0 Å². The summed E-state index contributed by atoms with van der Waals surface area (Å²) in [6, 6.07) is 11.2. The molecule has 1 spiro atoms. The van der Waals surface area contributed by atoms with Crippen molar-refractivity contribution in [3.8, 4) is 5.75 Å². The second kappa shape index (κ2) is 7.91. The summed E-state index contributed by atoms with van der Waals surface area (Å²) < 4.78 is 14.4. The van der Waals surface area contributed by atoms with Gasteiger partial charge in [0.05, 0.1) is 5.69 Å². The van der Waals surface area contributed by atoms with Gasteiger partial charge in [0.25, 0.3) is 0 Å². The highest BCUT2D eigenvalue weighted by Crippen LogP contribution is 2.75. The molecule has 0 N–H and O–H groups in total. The van der Waals surface area contributed by atoms with Crippen LogP contribution in [0, 0.1) is 17.3 Å². The maximum atomic E-state index is 6.67. The molecule has 6 rings (SSSR count). The number of pyridine rings is 1. The predicted molar refractivity (Wildman–Crippen MR) is 147 cm³/mol. The van der Waals surface area contributed by atoms with Gasteiger partial charge in [-0.1, -0.05) is 33.8 Å². The van der Waals surface area contributed by atoms with Crippen LogP contribution in [0.15, 0.2) is 41.0 Å². The second-order valence-corrected chi connectivity index (χ2v) is 19.0. The Morgan fingerprint density at radius 1 is 1.11 bits per heavy atom. The topological polar surface area (TPSA) is 34.6 Å². The van der Waals surface area contributed by atoms with E-state index in [0.717, 1.165) is 27.8 Å². The van der Waals surface area contributed by atoms with Gasteiger partial charge in [0.15, 0.2) is 0 Å². The number of epoxide rings is 1. The summed E-state index contributed by atoms with van der Waals surface area (Å²) in [4.78, 5) is 4.71. The zero-order valence-electron chi connectivity index (χ0n) is 22.2. The van der Waals surface area contributed by atoms with Crippen LogP contribution in [-0.2, 0) is 11.2 Å². The Kier molecular flexibility index (Phi) is 5.47. The van der Waals surface area contributed by atoms with Crippen molar-refractivity contribution in [2.24, 2.45) is 17.3 Å². The summed E-state index contributed by atoms with van der Waals surface area (Å²) in [5.41, 5.74) is 4.48.